The highest BCUT2D eigenvalue weighted by atomic mass is 32.1. The zero-order chi connectivity index (χ0) is 22.0. The van der Waals surface area contributed by atoms with E-state index in [1.54, 1.807) is 12.1 Å². The number of thiophene rings is 1. The molecule has 3 heterocycles. The lowest BCUT2D eigenvalue weighted by molar-refractivity contribution is 0.0849. The molecule has 31 heavy (non-hydrogen) atoms. The number of carbonyl (C=O) groups excluding carboxylic acids is 2. The van der Waals surface area contributed by atoms with Crippen molar-refractivity contribution in [3.05, 3.63) is 57.6 Å². The molecule has 0 aliphatic carbocycles. The van der Waals surface area contributed by atoms with Crippen LogP contribution in [0.5, 0.6) is 0 Å². The predicted molar refractivity (Wildman–Crippen MR) is 124 cm³/mol. The molecule has 4 N–H and O–H groups in total. The largest absolute Gasteiger partial charge is 0.397 e. The molecule has 0 radical (unpaired) electrons. The van der Waals surface area contributed by atoms with Crippen molar-refractivity contribution in [3.63, 3.8) is 0 Å². The lowest BCUT2D eigenvalue weighted by Gasteiger charge is -2.26. The zero-order valence-electron chi connectivity index (χ0n) is 17.8. The maximum atomic E-state index is 12.6. The number of carbonyl (C=O) groups is 2. The second-order valence-corrected chi connectivity index (χ2v) is 9.05. The number of anilines is 1. The Morgan fingerprint density at radius 3 is 2.45 bits per heavy atom. The van der Waals surface area contributed by atoms with Gasteiger partial charge in [0.1, 0.15) is 9.71 Å². The number of likely N-dealkylation sites (tertiary alicyclic amines) is 1. The first kappa shape index (κ1) is 21.3. The van der Waals surface area contributed by atoms with Gasteiger partial charge in [0.25, 0.3) is 11.8 Å². The van der Waals surface area contributed by atoms with E-state index >= 15 is 0 Å². The third kappa shape index (κ3) is 4.70. The summed E-state index contributed by atoms with van der Waals surface area (Å²) in [7, 11) is 0. The molecule has 162 valence electrons. The first-order chi connectivity index (χ1) is 14.9. The molecule has 0 unspecified atom stereocenters. The van der Waals surface area contributed by atoms with Gasteiger partial charge in [-0.3, -0.25) is 25.3 Å². The number of nitrogens with one attached hydrogen (secondary N) is 2. The maximum absolute atomic E-state index is 12.6. The SMILES string of the molecule is Cc1cc(C)c2c(N)c(C(=O)NNC(=O)c3ccc(CN4CCCCC4)cc3)sc2n1. The molecule has 0 bridgehead atoms. The van der Waals surface area contributed by atoms with E-state index in [-0.39, 0.29) is 5.91 Å². The summed E-state index contributed by atoms with van der Waals surface area (Å²) < 4.78 is 0. The van der Waals surface area contributed by atoms with Gasteiger partial charge in [0.2, 0.25) is 0 Å². The van der Waals surface area contributed by atoms with E-state index < -0.39 is 5.91 Å². The Balaban J connectivity index is 1.38. The first-order valence-electron chi connectivity index (χ1n) is 10.5. The Morgan fingerprint density at radius 1 is 1.06 bits per heavy atom. The molecule has 0 saturated carbocycles. The van der Waals surface area contributed by atoms with Crippen LogP contribution in [-0.2, 0) is 6.54 Å². The number of nitrogen functional groups attached to an aromatic ring is 1. The van der Waals surface area contributed by atoms with Crippen molar-refractivity contribution < 1.29 is 9.59 Å². The Bertz CT molecular complexity index is 1120. The maximum Gasteiger partial charge on any atom is 0.281 e. The van der Waals surface area contributed by atoms with Gasteiger partial charge in [0.15, 0.2) is 0 Å². The second-order valence-electron chi connectivity index (χ2n) is 8.05. The molecule has 2 aromatic heterocycles. The number of hydrogen-bond acceptors (Lipinski definition) is 6. The second kappa shape index (κ2) is 9.03. The predicted octanol–water partition coefficient (Wildman–Crippen LogP) is 3.56. The van der Waals surface area contributed by atoms with Gasteiger partial charge >= 0.3 is 0 Å². The highest BCUT2D eigenvalue weighted by molar-refractivity contribution is 7.21. The summed E-state index contributed by atoms with van der Waals surface area (Å²) in [5, 5.41) is 0.788. The Labute approximate surface area is 185 Å². The minimum atomic E-state index is -0.451. The summed E-state index contributed by atoms with van der Waals surface area (Å²) in [5.74, 6) is -0.824. The van der Waals surface area contributed by atoms with Crippen LogP contribution in [0.1, 0.15) is 56.1 Å². The smallest absolute Gasteiger partial charge is 0.281 e. The van der Waals surface area contributed by atoms with E-state index in [1.807, 2.05) is 32.0 Å². The Kier molecular flexibility index (Phi) is 6.20. The van der Waals surface area contributed by atoms with Crippen LogP contribution in [0.25, 0.3) is 10.2 Å². The number of fused-ring (bicyclic) bond motifs is 1. The topological polar surface area (TPSA) is 100 Å². The molecule has 1 aliphatic heterocycles. The number of nitrogens with zero attached hydrogens (tertiary/aromatic N) is 2. The van der Waals surface area contributed by atoms with Crippen molar-refractivity contribution in [2.24, 2.45) is 0 Å². The van der Waals surface area contributed by atoms with Crippen molar-refractivity contribution >= 4 is 39.1 Å². The Hall–Kier alpha value is -2.97. The van der Waals surface area contributed by atoms with E-state index in [1.165, 1.54) is 36.2 Å². The number of aryl methyl sites for hydroxylation is 2. The third-order valence-corrected chi connectivity index (χ3v) is 6.69. The molecule has 1 fully saturated rings. The fraction of sp³-hybridized carbons (Fsp3) is 0.348. The summed E-state index contributed by atoms with van der Waals surface area (Å²) in [6, 6.07) is 9.43. The quantitative estimate of drug-likeness (QED) is 0.542. The number of hydrazine groups is 1. The van der Waals surface area contributed by atoms with Gasteiger partial charge in [-0.1, -0.05) is 18.6 Å². The van der Waals surface area contributed by atoms with Crippen LogP contribution in [0.2, 0.25) is 0 Å². The monoisotopic (exact) mass is 437 g/mol. The lowest BCUT2D eigenvalue weighted by Crippen LogP contribution is -2.41. The number of benzene rings is 1. The number of piperidine rings is 1. The van der Waals surface area contributed by atoms with Crippen molar-refractivity contribution in [2.45, 2.75) is 39.7 Å². The molecule has 2 amide bonds. The van der Waals surface area contributed by atoms with Crippen molar-refractivity contribution in [3.8, 4) is 0 Å². The summed E-state index contributed by atoms with van der Waals surface area (Å²) in [6.45, 7) is 7.00. The molecule has 8 heteroatoms. The minimum absolute atomic E-state index is 0.341. The van der Waals surface area contributed by atoms with E-state index in [2.05, 4.69) is 20.7 Å². The van der Waals surface area contributed by atoms with Gasteiger partial charge in [-0.15, -0.1) is 11.3 Å². The summed E-state index contributed by atoms with van der Waals surface area (Å²) in [5.41, 5.74) is 15.0. The van der Waals surface area contributed by atoms with E-state index in [9.17, 15) is 9.59 Å². The van der Waals surface area contributed by atoms with Crippen LogP contribution >= 0.6 is 11.3 Å². The molecule has 1 aromatic carbocycles. The van der Waals surface area contributed by atoms with Crippen LogP contribution < -0.4 is 16.6 Å². The number of nitrogens with two attached hydrogens (primary N) is 1. The lowest BCUT2D eigenvalue weighted by atomic mass is 10.1. The van der Waals surface area contributed by atoms with Gasteiger partial charge < -0.3 is 5.73 Å². The van der Waals surface area contributed by atoms with Crippen LogP contribution in [0.4, 0.5) is 5.69 Å². The van der Waals surface area contributed by atoms with Gasteiger partial charge in [-0.2, -0.15) is 0 Å². The number of aromatic nitrogens is 1. The minimum Gasteiger partial charge on any atom is -0.397 e. The summed E-state index contributed by atoms with van der Waals surface area (Å²) >= 11 is 1.22. The Morgan fingerprint density at radius 2 is 1.74 bits per heavy atom. The van der Waals surface area contributed by atoms with E-state index in [0.717, 1.165) is 41.1 Å². The molecule has 0 atom stereocenters. The van der Waals surface area contributed by atoms with Crippen LogP contribution in [-0.4, -0.2) is 34.8 Å². The number of rotatable bonds is 4. The number of hydrogen-bond donors (Lipinski definition) is 3. The van der Waals surface area contributed by atoms with Gasteiger partial charge in [0.05, 0.1) is 5.69 Å². The standard InChI is InChI=1S/C23H27N5O2S/c1-14-12-15(2)25-23-18(14)19(24)20(31-23)22(30)27-26-21(29)17-8-6-16(7-9-17)13-28-10-4-3-5-11-28/h6-9,12H,3-5,10-11,13,24H2,1-2H3,(H,26,29)(H,27,30). The summed E-state index contributed by atoms with van der Waals surface area (Å²) in [6.07, 6.45) is 3.81. The van der Waals surface area contributed by atoms with Crippen molar-refractivity contribution in [1.29, 1.82) is 0 Å². The first-order valence-corrected chi connectivity index (χ1v) is 11.3. The van der Waals surface area contributed by atoms with Gasteiger partial charge in [-0.25, -0.2) is 4.98 Å². The number of amides is 2. The summed E-state index contributed by atoms with van der Waals surface area (Å²) in [4.78, 5) is 33.0. The van der Waals surface area contributed by atoms with Gasteiger partial charge in [-0.05, 0) is 69.1 Å². The highest BCUT2D eigenvalue weighted by Crippen LogP contribution is 2.34. The molecule has 3 aromatic rings. The molecule has 4 rings (SSSR count). The van der Waals surface area contributed by atoms with Gasteiger partial charge in [0, 0.05) is 23.2 Å². The third-order valence-electron chi connectivity index (χ3n) is 5.59. The number of pyridine rings is 1. The average Bonchev–Trinajstić information content (AvgIpc) is 3.09. The normalized spacial score (nSPS) is 14.5. The van der Waals surface area contributed by atoms with Crippen molar-refractivity contribution in [2.75, 3.05) is 18.8 Å². The molecule has 7 nitrogen and oxygen atoms in total. The molecular weight excluding hydrogens is 410 g/mol. The van der Waals surface area contributed by atoms with Crippen LogP contribution in [0.15, 0.2) is 30.3 Å². The molecule has 1 aliphatic rings. The van der Waals surface area contributed by atoms with Crippen LogP contribution in [0.3, 0.4) is 0 Å². The van der Waals surface area contributed by atoms with Crippen LogP contribution in [0, 0.1) is 13.8 Å². The molecule has 1 saturated heterocycles. The van der Waals surface area contributed by atoms with E-state index in [0.29, 0.717) is 16.1 Å². The van der Waals surface area contributed by atoms with E-state index in [4.69, 9.17) is 5.73 Å². The molecule has 0 spiro atoms. The fourth-order valence-corrected chi connectivity index (χ4v) is 5.13. The highest BCUT2D eigenvalue weighted by Gasteiger charge is 2.19. The molecular formula is C23H27N5O2S. The average molecular weight is 438 g/mol. The zero-order valence-corrected chi connectivity index (χ0v) is 18.6. The fourth-order valence-electron chi connectivity index (χ4n) is 4.02. The van der Waals surface area contributed by atoms with Crippen molar-refractivity contribution in [1.82, 2.24) is 20.7 Å².